The van der Waals surface area contributed by atoms with Gasteiger partial charge < -0.3 is 15.0 Å². The second-order valence-corrected chi connectivity index (χ2v) is 10.2. The first-order chi connectivity index (χ1) is 16.0. The topological polar surface area (TPSA) is 76.5 Å². The molecule has 7 nitrogen and oxygen atoms in total. The number of fused-ring (bicyclic) bond motifs is 1. The monoisotopic (exact) mass is 484 g/mol. The first-order valence-corrected chi connectivity index (χ1v) is 11.9. The summed E-state index contributed by atoms with van der Waals surface area (Å²) in [5.74, 6) is 6.53. The predicted octanol–water partition coefficient (Wildman–Crippen LogP) is 5.02. The highest BCUT2D eigenvalue weighted by atomic mass is 35.5. The summed E-state index contributed by atoms with van der Waals surface area (Å²) in [7, 11) is 0. The molecule has 0 spiro atoms. The van der Waals surface area contributed by atoms with Crippen molar-refractivity contribution in [3.8, 4) is 11.8 Å². The van der Waals surface area contributed by atoms with Crippen LogP contribution in [0.2, 0.25) is 5.02 Å². The van der Waals surface area contributed by atoms with Gasteiger partial charge in [0, 0.05) is 18.0 Å². The van der Waals surface area contributed by atoms with E-state index in [1.54, 1.807) is 16.4 Å². The molecule has 1 atom stereocenters. The Morgan fingerprint density at radius 1 is 1.26 bits per heavy atom. The number of rotatable bonds is 5. The van der Waals surface area contributed by atoms with Crippen LogP contribution in [0.3, 0.4) is 0 Å². The zero-order valence-electron chi connectivity index (χ0n) is 20.7. The van der Waals surface area contributed by atoms with Gasteiger partial charge in [0.1, 0.15) is 5.60 Å². The molecule has 0 radical (unpaired) electrons. The van der Waals surface area contributed by atoms with Crippen molar-refractivity contribution in [1.29, 1.82) is 0 Å². The van der Waals surface area contributed by atoms with Gasteiger partial charge in [0.25, 0.3) is 5.56 Å². The number of nitrogens with zero attached hydrogens (tertiary/aromatic N) is 3. The Balaban J connectivity index is 1.98. The van der Waals surface area contributed by atoms with Crippen molar-refractivity contribution in [3.63, 3.8) is 0 Å². The quantitative estimate of drug-likeness (QED) is 0.603. The van der Waals surface area contributed by atoms with E-state index >= 15 is 0 Å². The average Bonchev–Trinajstić information content (AvgIpc) is 2.76. The summed E-state index contributed by atoms with van der Waals surface area (Å²) in [6.07, 6.45) is 0.0498. The number of amides is 1. The number of anilines is 1. The number of benzene rings is 1. The second-order valence-electron chi connectivity index (χ2n) is 9.75. The summed E-state index contributed by atoms with van der Waals surface area (Å²) in [5, 5.41) is 4.15. The molecule has 1 aromatic carbocycles. The van der Waals surface area contributed by atoms with Crippen LogP contribution in [0.15, 0.2) is 29.1 Å². The van der Waals surface area contributed by atoms with Crippen LogP contribution in [0, 0.1) is 17.8 Å². The molecule has 2 heterocycles. The van der Waals surface area contributed by atoms with Gasteiger partial charge in [-0.05, 0) is 51.3 Å². The standard InChI is InChI=1S/C26H33ClN4O3/c1-7-8-14-31-23(32)20-16-30(25(33)34-26(4,5)6)15-13-21(20)28-24(31)29-22(17(2)3)18-9-11-19(27)12-10-18/h9-12,17,22H,13-16H2,1-6H3,(H,28,29)/t22-/m0/s1. The zero-order chi connectivity index (χ0) is 25.0. The minimum absolute atomic E-state index is 0.0788. The molecule has 1 N–H and O–H groups in total. The van der Waals surface area contributed by atoms with Crippen molar-refractivity contribution in [3.05, 3.63) is 56.5 Å². The number of hydrogen-bond donors (Lipinski definition) is 1. The Kier molecular flexibility index (Phi) is 7.93. The summed E-state index contributed by atoms with van der Waals surface area (Å²) in [4.78, 5) is 32.5. The van der Waals surface area contributed by atoms with Crippen LogP contribution in [-0.2, 0) is 24.2 Å². The Labute approximate surface area is 206 Å². The van der Waals surface area contributed by atoms with Crippen LogP contribution >= 0.6 is 11.6 Å². The third-order valence-corrected chi connectivity index (χ3v) is 5.81. The third kappa shape index (κ3) is 6.12. The van der Waals surface area contributed by atoms with E-state index in [0.717, 1.165) is 5.56 Å². The molecule has 1 amide bonds. The largest absolute Gasteiger partial charge is 0.444 e. The summed E-state index contributed by atoms with van der Waals surface area (Å²) < 4.78 is 7.06. The maximum absolute atomic E-state index is 13.5. The molecule has 2 aromatic rings. The van der Waals surface area contributed by atoms with Gasteiger partial charge in [0.15, 0.2) is 0 Å². The van der Waals surface area contributed by atoms with Crippen LogP contribution in [0.25, 0.3) is 0 Å². The summed E-state index contributed by atoms with van der Waals surface area (Å²) in [6.45, 7) is 12.2. The van der Waals surface area contributed by atoms with E-state index in [1.165, 1.54) is 0 Å². The Hall–Kier alpha value is -2.98. The second kappa shape index (κ2) is 10.5. The predicted molar refractivity (Wildman–Crippen MR) is 135 cm³/mol. The Morgan fingerprint density at radius 2 is 1.94 bits per heavy atom. The summed E-state index contributed by atoms with van der Waals surface area (Å²) in [5.41, 5.74) is 1.46. The maximum atomic E-state index is 13.5. The van der Waals surface area contributed by atoms with Gasteiger partial charge in [0.2, 0.25) is 5.95 Å². The highest BCUT2D eigenvalue weighted by molar-refractivity contribution is 6.30. The third-order valence-electron chi connectivity index (χ3n) is 5.56. The molecule has 1 aromatic heterocycles. The molecule has 0 aliphatic carbocycles. The first kappa shape index (κ1) is 25.6. The molecule has 0 fully saturated rings. The number of hydrogen-bond acceptors (Lipinski definition) is 5. The summed E-state index contributed by atoms with van der Waals surface area (Å²) >= 11 is 6.08. The SMILES string of the molecule is CC#CCn1c(N[C@H](c2ccc(Cl)cc2)C(C)C)nc2c(c1=O)CN(C(=O)OC(C)(C)C)CC2. The Morgan fingerprint density at radius 3 is 2.53 bits per heavy atom. The van der Waals surface area contributed by atoms with Gasteiger partial charge in [-0.3, -0.25) is 9.36 Å². The minimum Gasteiger partial charge on any atom is -0.444 e. The number of nitrogens with one attached hydrogen (secondary N) is 1. The molecular formula is C26H33ClN4O3. The molecule has 34 heavy (non-hydrogen) atoms. The number of carbonyl (C=O) groups excluding carboxylic acids is 1. The number of ether oxygens (including phenoxy) is 1. The lowest BCUT2D eigenvalue weighted by molar-refractivity contribution is 0.0221. The molecule has 1 aliphatic heterocycles. The normalized spacial score (nSPS) is 14.2. The first-order valence-electron chi connectivity index (χ1n) is 11.5. The van der Waals surface area contributed by atoms with Gasteiger partial charge in [0.05, 0.1) is 30.4 Å². The molecule has 0 bridgehead atoms. The number of carbonyl (C=O) groups is 1. The fourth-order valence-electron chi connectivity index (χ4n) is 3.86. The van der Waals surface area contributed by atoms with Crippen molar-refractivity contribution in [2.75, 3.05) is 11.9 Å². The van der Waals surface area contributed by atoms with Crippen molar-refractivity contribution in [1.82, 2.24) is 14.5 Å². The van der Waals surface area contributed by atoms with E-state index in [-0.39, 0.29) is 30.6 Å². The zero-order valence-corrected chi connectivity index (χ0v) is 21.5. The molecule has 1 aliphatic rings. The van der Waals surface area contributed by atoms with Gasteiger partial charge in [-0.1, -0.05) is 43.5 Å². The minimum atomic E-state index is -0.603. The van der Waals surface area contributed by atoms with Crippen molar-refractivity contribution in [2.24, 2.45) is 5.92 Å². The molecule has 0 unspecified atom stereocenters. The van der Waals surface area contributed by atoms with Crippen molar-refractivity contribution < 1.29 is 9.53 Å². The molecule has 0 saturated heterocycles. The molecular weight excluding hydrogens is 452 g/mol. The van der Waals surface area contributed by atoms with E-state index in [2.05, 4.69) is 31.0 Å². The van der Waals surface area contributed by atoms with Crippen molar-refractivity contribution >= 4 is 23.6 Å². The fourth-order valence-corrected chi connectivity index (χ4v) is 3.98. The van der Waals surface area contributed by atoms with E-state index in [0.29, 0.717) is 35.2 Å². The van der Waals surface area contributed by atoms with Gasteiger partial charge in [-0.15, -0.1) is 5.92 Å². The van der Waals surface area contributed by atoms with Crippen LogP contribution in [-0.4, -0.2) is 32.7 Å². The van der Waals surface area contributed by atoms with Crippen LogP contribution in [0.5, 0.6) is 0 Å². The number of aromatic nitrogens is 2. The van der Waals surface area contributed by atoms with E-state index in [9.17, 15) is 9.59 Å². The average molecular weight is 485 g/mol. The van der Waals surface area contributed by atoms with Crippen LogP contribution < -0.4 is 10.9 Å². The summed E-state index contributed by atoms with van der Waals surface area (Å²) in [6, 6.07) is 7.59. The lowest BCUT2D eigenvalue weighted by Gasteiger charge is -2.31. The Bertz CT molecular complexity index is 1150. The molecule has 8 heteroatoms. The van der Waals surface area contributed by atoms with E-state index in [1.807, 2.05) is 45.0 Å². The smallest absolute Gasteiger partial charge is 0.410 e. The van der Waals surface area contributed by atoms with E-state index < -0.39 is 11.7 Å². The van der Waals surface area contributed by atoms with Gasteiger partial charge in [-0.2, -0.15) is 0 Å². The van der Waals surface area contributed by atoms with Crippen LogP contribution in [0.4, 0.5) is 10.7 Å². The van der Waals surface area contributed by atoms with Crippen molar-refractivity contribution in [2.45, 2.75) is 72.7 Å². The highest BCUT2D eigenvalue weighted by Crippen LogP contribution is 2.28. The highest BCUT2D eigenvalue weighted by Gasteiger charge is 2.30. The molecule has 182 valence electrons. The van der Waals surface area contributed by atoms with Crippen LogP contribution in [0.1, 0.15) is 64.4 Å². The fraction of sp³-hybridized carbons (Fsp3) is 0.500. The number of halogens is 1. The van der Waals surface area contributed by atoms with E-state index in [4.69, 9.17) is 21.3 Å². The lowest BCUT2D eigenvalue weighted by Crippen LogP contribution is -2.43. The molecule has 3 rings (SSSR count). The lowest BCUT2D eigenvalue weighted by atomic mass is 9.96. The van der Waals surface area contributed by atoms with Gasteiger partial charge >= 0.3 is 6.09 Å². The maximum Gasteiger partial charge on any atom is 0.410 e. The molecule has 0 saturated carbocycles. The van der Waals surface area contributed by atoms with Gasteiger partial charge in [-0.25, -0.2) is 9.78 Å².